The number of carbonyl (C=O) groups is 1. The molecule has 4 heteroatoms. The third kappa shape index (κ3) is 3.93. The second-order valence-electron chi connectivity index (χ2n) is 5.53. The van der Waals surface area contributed by atoms with Crippen molar-refractivity contribution >= 4 is 5.97 Å². The summed E-state index contributed by atoms with van der Waals surface area (Å²) in [6.07, 6.45) is 11.8. The molecule has 0 unspecified atom stereocenters. The van der Waals surface area contributed by atoms with Crippen LogP contribution in [0.4, 0.5) is 0 Å². The van der Waals surface area contributed by atoms with Crippen molar-refractivity contribution in [3.05, 3.63) is 24.8 Å². The topological polar surface area (TPSA) is 55.8 Å². The second-order valence-corrected chi connectivity index (χ2v) is 5.53. The monoisotopic (exact) mass is 280 g/mol. The van der Waals surface area contributed by atoms with Crippen LogP contribution in [0.3, 0.4) is 0 Å². The molecule has 4 atom stereocenters. The van der Waals surface area contributed by atoms with Crippen LogP contribution in [-0.2, 0) is 14.3 Å². The first-order valence-electron chi connectivity index (χ1n) is 7.47. The normalized spacial score (nSPS) is 32.0. The zero-order valence-corrected chi connectivity index (χ0v) is 11.9. The first kappa shape index (κ1) is 15.3. The molecule has 0 aromatic heterocycles. The van der Waals surface area contributed by atoms with E-state index in [0.717, 1.165) is 25.7 Å². The van der Waals surface area contributed by atoms with Gasteiger partial charge in [-0.3, -0.25) is 4.79 Å². The van der Waals surface area contributed by atoms with Crippen LogP contribution < -0.4 is 0 Å². The molecule has 2 heterocycles. The molecule has 0 amide bonds. The average molecular weight is 280 g/mol. The lowest BCUT2D eigenvalue weighted by Crippen LogP contribution is -2.34. The predicted molar refractivity (Wildman–Crippen MR) is 76.6 cm³/mol. The molecular weight excluding hydrogens is 256 g/mol. The van der Waals surface area contributed by atoms with E-state index in [1.54, 1.807) is 6.08 Å². The van der Waals surface area contributed by atoms with Crippen LogP contribution in [-0.4, -0.2) is 36.0 Å². The van der Waals surface area contributed by atoms with E-state index in [2.05, 4.69) is 18.7 Å². The summed E-state index contributed by atoms with van der Waals surface area (Å²) >= 11 is 0. The Morgan fingerprint density at radius 1 is 1.35 bits per heavy atom. The van der Waals surface area contributed by atoms with E-state index in [1.165, 1.54) is 0 Å². The van der Waals surface area contributed by atoms with Crippen LogP contribution in [0.15, 0.2) is 24.8 Å². The minimum atomic E-state index is -0.724. The van der Waals surface area contributed by atoms with Gasteiger partial charge < -0.3 is 14.6 Å². The van der Waals surface area contributed by atoms with Crippen molar-refractivity contribution in [1.29, 1.82) is 0 Å². The number of carboxylic acid groups (broad SMARTS) is 1. The number of fused-ring (bicyclic) bond motifs is 2. The van der Waals surface area contributed by atoms with E-state index >= 15 is 0 Å². The second kappa shape index (κ2) is 7.60. The highest BCUT2D eigenvalue weighted by atomic mass is 16.6. The fourth-order valence-corrected chi connectivity index (χ4v) is 3.17. The largest absolute Gasteiger partial charge is 0.481 e. The standard InChI is InChI=1S/C16H24O4/c1-2-11-19-16-12(13-9-10-14(16)20-13)7-5-3-4-6-8-15(17)18/h2-3,5,12-14,16H,1,4,6-11H2,(H,17,18)/t12-,13+,14-,16-/m0/s1. The maximum absolute atomic E-state index is 10.4. The third-order valence-corrected chi connectivity index (χ3v) is 4.09. The molecule has 2 bridgehead atoms. The average Bonchev–Trinajstić information content (AvgIpc) is 3.01. The number of carboxylic acids is 1. The van der Waals surface area contributed by atoms with Crippen LogP contribution in [0.5, 0.6) is 0 Å². The van der Waals surface area contributed by atoms with Crippen molar-refractivity contribution in [2.75, 3.05) is 6.61 Å². The van der Waals surface area contributed by atoms with E-state index in [9.17, 15) is 4.79 Å². The van der Waals surface area contributed by atoms with Gasteiger partial charge in [-0.05, 0) is 32.1 Å². The number of ether oxygens (including phenoxy) is 2. The molecule has 0 saturated carbocycles. The van der Waals surface area contributed by atoms with Crippen molar-refractivity contribution in [1.82, 2.24) is 0 Å². The molecule has 2 aliphatic heterocycles. The molecular formula is C16H24O4. The minimum absolute atomic E-state index is 0.190. The van der Waals surface area contributed by atoms with Gasteiger partial charge >= 0.3 is 5.97 Å². The van der Waals surface area contributed by atoms with Gasteiger partial charge in [0.15, 0.2) is 0 Å². The summed E-state index contributed by atoms with van der Waals surface area (Å²) in [4.78, 5) is 10.4. The fourth-order valence-electron chi connectivity index (χ4n) is 3.17. The summed E-state index contributed by atoms with van der Waals surface area (Å²) < 4.78 is 11.8. The first-order valence-corrected chi connectivity index (χ1v) is 7.47. The first-order chi connectivity index (χ1) is 9.72. The van der Waals surface area contributed by atoms with E-state index < -0.39 is 5.97 Å². The van der Waals surface area contributed by atoms with Crippen molar-refractivity contribution < 1.29 is 19.4 Å². The van der Waals surface area contributed by atoms with E-state index in [4.69, 9.17) is 14.6 Å². The highest BCUT2D eigenvalue weighted by Crippen LogP contribution is 2.42. The maximum Gasteiger partial charge on any atom is 0.303 e. The molecule has 2 fully saturated rings. The van der Waals surface area contributed by atoms with Crippen LogP contribution in [0.1, 0.15) is 38.5 Å². The lowest BCUT2D eigenvalue weighted by molar-refractivity contribution is -0.137. The Hall–Kier alpha value is -1.13. The molecule has 2 rings (SSSR count). The number of rotatable bonds is 9. The van der Waals surface area contributed by atoms with Gasteiger partial charge in [-0.1, -0.05) is 18.2 Å². The Bertz CT molecular complexity index is 363. The lowest BCUT2D eigenvalue weighted by atomic mass is 9.84. The highest BCUT2D eigenvalue weighted by Gasteiger charge is 2.48. The van der Waals surface area contributed by atoms with Gasteiger partial charge in [-0.2, -0.15) is 0 Å². The summed E-state index contributed by atoms with van der Waals surface area (Å²) in [5.74, 6) is -0.290. The molecule has 1 N–H and O–H groups in total. The van der Waals surface area contributed by atoms with E-state index in [1.807, 2.05) is 0 Å². The molecule has 4 nitrogen and oxygen atoms in total. The molecule has 0 aromatic carbocycles. The van der Waals surface area contributed by atoms with Crippen LogP contribution in [0.25, 0.3) is 0 Å². The summed E-state index contributed by atoms with van der Waals surface area (Å²) in [6, 6.07) is 0. The highest BCUT2D eigenvalue weighted by molar-refractivity contribution is 5.66. The van der Waals surface area contributed by atoms with Gasteiger partial charge in [0.2, 0.25) is 0 Å². The van der Waals surface area contributed by atoms with Crippen molar-refractivity contribution in [3.63, 3.8) is 0 Å². The summed E-state index contributed by atoms with van der Waals surface area (Å²) in [7, 11) is 0. The number of hydrogen-bond donors (Lipinski definition) is 1. The van der Waals surface area contributed by atoms with Gasteiger partial charge in [0.25, 0.3) is 0 Å². The van der Waals surface area contributed by atoms with Gasteiger partial charge in [-0.15, -0.1) is 6.58 Å². The zero-order chi connectivity index (χ0) is 14.4. The van der Waals surface area contributed by atoms with Gasteiger partial charge in [0, 0.05) is 12.3 Å². The Balaban J connectivity index is 1.74. The molecule has 20 heavy (non-hydrogen) atoms. The number of unbranched alkanes of at least 4 members (excludes halogenated alkanes) is 1. The number of hydrogen-bond acceptors (Lipinski definition) is 3. The minimum Gasteiger partial charge on any atom is -0.481 e. The van der Waals surface area contributed by atoms with Crippen LogP contribution in [0.2, 0.25) is 0 Å². The van der Waals surface area contributed by atoms with E-state index in [0.29, 0.717) is 25.0 Å². The fraction of sp³-hybridized carbons (Fsp3) is 0.688. The SMILES string of the molecule is C=CCO[C@H]1[C@@H](CC=CCCCC(=O)O)[C@H]2CC[C@@H]1O2. The molecule has 2 saturated heterocycles. The summed E-state index contributed by atoms with van der Waals surface area (Å²) in [5.41, 5.74) is 0. The molecule has 0 spiro atoms. The van der Waals surface area contributed by atoms with Crippen LogP contribution in [0, 0.1) is 5.92 Å². The van der Waals surface area contributed by atoms with Crippen molar-refractivity contribution in [3.8, 4) is 0 Å². The predicted octanol–water partition coefficient (Wildman–Crippen LogP) is 2.94. The third-order valence-electron chi connectivity index (χ3n) is 4.09. The number of aliphatic carboxylic acids is 1. The molecule has 2 aliphatic rings. The van der Waals surface area contributed by atoms with Gasteiger partial charge in [0.1, 0.15) is 0 Å². The Kier molecular flexibility index (Phi) is 5.80. The molecule has 112 valence electrons. The quantitative estimate of drug-likeness (QED) is 0.521. The summed E-state index contributed by atoms with van der Waals surface area (Å²) in [5, 5.41) is 8.57. The Morgan fingerprint density at radius 3 is 2.90 bits per heavy atom. The number of allylic oxidation sites excluding steroid dienone is 2. The molecule has 0 aliphatic carbocycles. The van der Waals surface area contributed by atoms with Gasteiger partial charge in [-0.25, -0.2) is 0 Å². The zero-order valence-electron chi connectivity index (χ0n) is 11.9. The lowest BCUT2D eigenvalue weighted by Gasteiger charge is -2.26. The summed E-state index contributed by atoms with van der Waals surface area (Å²) in [6.45, 7) is 4.27. The smallest absolute Gasteiger partial charge is 0.303 e. The molecule has 0 radical (unpaired) electrons. The van der Waals surface area contributed by atoms with Crippen molar-refractivity contribution in [2.24, 2.45) is 5.92 Å². The maximum atomic E-state index is 10.4. The Labute approximate surface area is 120 Å². The van der Waals surface area contributed by atoms with Gasteiger partial charge in [0.05, 0.1) is 24.9 Å². The van der Waals surface area contributed by atoms with Crippen molar-refractivity contribution in [2.45, 2.75) is 56.8 Å². The Morgan fingerprint density at radius 2 is 2.15 bits per heavy atom. The van der Waals surface area contributed by atoms with E-state index in [-0.39, 0.29) is 18.6 Å². The molecule has 0 aromatic rings. The van der Waals surface area contributed by atoms with Crippen LogP contribution >= 0.6 is 0 Å².